The number of nitrogens with zero attached hydrogens (tertiary/aromatic N) is 1. The largest absolute Gasteiger partial charge is 0.481 e. The van der Waals surface area contributed by atoms with Crippen LogP contribution >= 0.6 is 0 Å². The first kappa shape index (κ1) is 18.6. The van der Waals surface area contributed by atoms with Gasteiger partial charge in [0.15, 0.2) is 0 Å². The summed E-state index contributed by atoms with van der Waals surface area (Å²) in [6.45, 7) is 4.02. The maximum atomic E-state index is 13.3. The zero-order valence-electron chi connectivity index (χ0n) is 12.9. The zero-order chi connectivity index (χ0) is 17.0. The third-order valence-electron chi connectivity index (χ3n) is 2.72. The third kappa shape index (κ3) is 7.51. The van der Waals surface area contributed by atoms with Crippen molar-refractivity contribution in [1.29, 1.82) is 0 Å². The van der Waals surface area contributed by atoms with E-state index in [1.807, 2.05) is 0 Å². The third-order valence-corrected chi connectivity index (χ3v) is 2.72. The molecule has 1 amide bonds. The molecule has 1 aliphatic heterocycles. The van der Waals surface area contributed by atoms with Crippen molar-refractivity contribution in [3.8, 4) is 0 Å². The van der Waals surface area contributed by atoms with Crippen molar-refractivity contribution in [2.45, 2.75) is 51.2 Å². The van der Waals surface area contributed by atoms with Crippen LogP contribution in [0.1, 0.15) is 33.6 Å². The van der Waals surface area contributed by atoms with E-state index in [2.05, 4.69) is 5.32 Å². The summed E-state index contributed by atoms with van der Waals surface area (Å²) in [5.41, 5.74) is -0.744. The second kappa shape index (κ2) is 7.19. The highest BCUT2D eigenvalue weighted by Gasteiger charge is 2.37. The first-order valence-electron chi connectivity index (χ1n) is 6.94. The highest BCUT2D eigenvalue weighted by molar-refractivity contribution is 5.71. The average Bonchev–Trinajstić information content (AvgIpc) is 2.22. The number of nitrogens with one attached hydrogen (secondary N) is 1. The van der Waals surface area contributed by atoms with Crippen molar-refractivity contribution in [3.05, 3.63) is 0 Å². The molecule has 1 rings (SSSR count). The number of alkyl carbamates (subject to hydrolysis) is 1. The summed E-state index contributed by atoms with van der Waals surface area (Å²) < 4.78 is 31.6. The maximum Gasteiger partial charge on any atom is 0.407 e. The molecule has 0 unspecified atom stereocenters. The first-order valence-corrected chi connectivity index (χ1v) is 6.94. The molecule has 22 heavy (non-hydrogen) atoms. The number of halogens is 2. The van der Waals surface area contributed by atoms with E-state index in [0.29, 0.717) is 0 Å². The van der Waals surface area contributed by atoms with E-state index in [4.69, 9.17) is 14.7 Å². The fourth-order valence-electron chi connectivity index (χ4n) is 1.92. The van der Waals surface area contributed by atoms with Gasteiger partial charge in [0.05, 0.1) is 25.6 Å². The number of hydrogen-bond acceptors (Lipinski definition) is 5. The summed E-state index contributed by atoms with van der Waals surface area (Å²) in [6.07, 6.45) is -1.61. The number of rotatable bonds is 5. The van der Waals surface area contributed by atoms with Gasteiger partial charge in [0.1, 0.15) is 5.60 Å². The number of amides is 1. The van der Waals surface area contributed by atoms with E-state index in [1.54, 1.807) is 20.8 Å². The van der Waals surface area contributed by atoms with E-state index < -0.39 is 42.6 Å². The van der Waals surface area contributed by atoms with Crippen LogP contribution in [-0.4, -0.2) is 59.5 Å². The fourth-order valence-corrected chi connectivity index (χ4v) is 1.92. The monoisotopic (exact) mass is 324 g/mol. The topological polar surface area (TPSA) is 88.1 Å². The number of hydrogen-bond donors (Lipinski definition) is 2. The van der Waals surface area contributed by atoms with Gasteiger partial charge >= 0.3 is 12.1 Å². The molecule has 128 valence electrons. The maximum absolute atomic E-state index is 13.3. The minimum absolute atomic E-state index is 0.154. The average molecular weight is 324 g/mol. The SMILES string of the molecule is CC(C)(C)OC(=O)N[C@@H](CC(=O)O)CN1CC(F)(F)CCO1. The normalized spacial score (nSPS) is 20.2. The van der Waals surface area contributed by atoms with E-state index in [0.717, 1.165) is 5.06 Å². The smallest absolute Gasteiger partial charge is 0.407 e. The van der Waals surface area contributed by atoms with Crippen LogP contribution < -0.4 is 5.32 Å². The summed E-state index contributed by atoms with van der Waals surface area (Å²) in [5, 5.41) is 12.2. The van der Waals surface area contributed by atoms with E-state index >= 15 is 0 Å². The van der Waals surface area contributed by atoms with Crippen LogP contribution in [0.15, 0.2) is 0 Å². The molecule has 0 radical (unpaired) electrons. The van der Waals surface area contributed by atoms with Crippen LogP contribution in [0.4, 0.5) is 13.6 Å². The van der Waals surface area contributed by atoms with Crippen LogP contribution in [0.25, 0.3) is 0 Å². The molecular formula is C13H22F2N2O5. The number of hydroxylamine groups is 2. The van der Waals surface area contributed by atoms with Crippen LogP contribution in [0.3, 0.4) is 0 Å². The number of carbonyl (C=O) groups excluding carboxylic acids is 1. The molecule has 1 heterocycles. The molecule has 1 atom stereocenters. The molecule has 7 nitrogen and oxygen atoms in total. The molecule has 1 fully saturated rings. The summed E-state index contributed by atoms with van der Waals surface area (Å²) in [6, 6.07) is -0.902. The Labute approximate surface area is 127 Å². The van der Waals surface area contributed by atoms with Crippen LogP contribution in [0, 0.1) is 0 Å². The van der Waals surface area contributed by atoms with Crippen LogP contribution in [0.2, 0.25) is 0 Å². The van der Waals surface area contributed by atoms with Gasteiger partial charge in [0, 0.05) is 13.0 Å². The van der Waals surface area contributed by atoms with Crippen LogP contribution in [-0.2, 0) is 14.4 Å². The van der Waals surface area contributed by atoms with Gasteiger partial charge in [-0.25, -0.2) is 13.6 Å². The lowest BCUT2D eigenvalue weighted by atomic mass is 10.1. The predicted octanol–water partition coefficient (Wildman–Crippen LogP) is 1.63. The highest BCUT2D eigenvalue weighted by atomic mass is 19.3. The second-order valence-electron chi connectivity index (χ2n) is 6.20. The summed E-state index contributed by atoms with van der Waals surface area (Å²) in [5.74, 6) is -4.05. The molecule has 0 aromatic carbocycles. The lowest BCUT2D eigenvalue weighted by Crippen LogP contribution is -2.51. The Bertz CT molecular complexity index is 412. The lowest BCUT2D eigenvalue weighted by molar-refractivity contribution is -0.247. The number of alkyl halides is 2. The molecule has 0 aliphatic carbocycles. The van der Waals surface area contributed by atoms with Crippen molar-refractivity contribution in [2.24, 2.45) is 0 Å². The molecule has 9 heteroatoms. The van der Waals surface area contributed by atoms with Gasteiger partial charge in [-0.05, 0) is 20.8 Å². The fraction of sp³-hybridized carbons (Fsp3) is 0.846. The van der Waals surface area contributed by atoms with Crippen molar-refractivity contribution in [3.63, 3.8) is 0 Å². The molecule has 0 aromatic rings. The molecule has 0 aromatic heterocycles. The molecule has 1 saturated heterocycles. The van der Waals surface area contributed by atoms with Gasteiger partial charge in [-0.3, -0.25) is 9.63 Å². The Morgan fingerprint density at radius 3 is 2.59 bits per heavy atom. The Balaban J connectivity index is 2.60. The first-order chi connectivity index (χ1) is 9.97. The number of carbonyl (C=O) groups is 2. The summed E-state index contributed by atoms with van der Waals surface area (Å²) >= 11 is 0. The van der Waals surface area contributed by atoms with Crippen molar-refractivity contribution in [1.82, 2.24) is 10.4 Å². The van der Waals surface area contributed by atoms with Gasteiger partial charge < -0.3 is 15.2 Å². The predicted molar refractivity (Wildman–Crippen MR) is 72.5 cm³/mol. The van der Waals surface area contributed by atoms with E-state index in [-0.39, 0.29) is 19.6 Å². The van der Waals surface area contributed by atoms with E-state index in [1.165, 1.54) is 0 Å². The van der Waals surface area contributed by atoms with Gasteiger partial charge in [0.25, 0.3) is 5.92 Å². The Hall–Kier alpha value is -1.48. The zero-order valence-corrected chi connectivity index (χ0v) is 12.9. The Morgan fingerprint density at radius 2 is 2.09 bits per heavy atom. The molecular weight excluding hydrogens is 302 g/mol. The molecule has 0 saturated carbocycles. The van der Waals surface area contributed by atoms with E-state index in [9.17, 15) is 18.4 Å². The van der Waals surface area contributed by atoms with Gasteiger partial charge in [0.2, 0.25) is 0 Å². The van der Waals surface area contributed by atoms with Crippen molar-refractivity contribution in [2.75, 3.05) is 19.7 Å². The number of carboxylic acids is 1. The second-order valence-corrected chi connectivity index (χ2v) is 6.20. The number of carboxylic acid groups (broad SMARTS) is 1. The Kier molecular flexibility index (Phi) is 6.07. The quantitative estimate of drug-likeness (QED) is 0.799. The van der Waals surface area contributed by atoms with Gasteiger partial charge in [-0.2, -0.15) is 5.06 Å². The van der Waals surface area contributed by atoms with Crippen molar-refractivity contribution >= 4 is 12.1 Å². The molecule has 2 N–H and O–H groups in total. The number of aliphatic carboxylic acids is 1. The Morgan fingerprint density at radius 1 is 1.45 bits per heavy atom. The highest BCUT2D eigenvalue weighted by Crippen LogP contribution is 2.24. The standard InChI is InChI=1S/C13H22F2N2O5/c1-12(2,3)22-11(20)16-9(6-10(18)19)7-17-8-13(14,15)4-5-21-17/h9H,4-8H2,1-3H3,(H,16,20)(H,18,19)/t9-/m0/s1. The minimum atomic E-state index is -2.89. The molecule has 0 spiro atoms. The van der Waals surface area contributed by atoms with Gasteiger partial charge in [-0.15, -0.1) is 0 Å². The van der Waals surface area contributed by atoms with Gasteiger partial charge in [-0.1, -0.05) is 0 Å². The summed E-state index contributed by atoms with van der Waals surface area (Å²) in [4.78, 5) is 27.6. The molecule has 0 bridgehead atoms. The van der Waals surface area contributed by atoms with Crippen LogP contribution in [0.5, 0.6) is 0 Å². The summed E-state index contributed by atoms with van der Waals surface area (Å²) in [7, 11) is 0. The minimum Gasteiger partial charge on any atom is -0.481 e. The number of ether oxygens (including phenoxy) is 1. The molecule has 1 aliphatic rings. The lowest BCUT2D eigenvalue weighted by Gasteiger charge is -2.34. The van der Waals surface area contributed by atoms with Crippen molar-refractivity contribution < 1.29 is 33.1 Å².